The number of halogens is 1. The Balaban J connectivity index is 1.64. The minimum Gasteiger partial charge on any atom is -0.312 e. The van der Waals surface area contributed by atoms with Crippen LogP contribution < -0.4 is 4.90 Å². The first-order valence-corrected chi connectivity index (χ1v) is 9.51. The van der Waals surface area contributed by atoms with E-state index in [4.69, 9.17) is 17.3 Å². The summed E-state index contributed by atoms with van der Waals surface area (Å²) < 4.78 is 17.8. The van der Waals surface area contributed by atoms with Gasteiger partial charge in [-0.05, 0) is 42.0 Å². The molecule has 1 aliphatic heterocycles. The minimum absolute atomic E-state index is 0.261. The van der Waals surface area contributed by atoms with Crippen molar-refractivity contribution >= 4 is 12.2 Å². The molecule has 0 saturated heterocycles. The van der Waals surface area contributed by atoms with Gasteiger partial charge in [0.05, 0.1) is 6.54 Å². The Morgan fingerprint density at radius 1 is 1.15 bits per heavy atom. The summed E-state index contributed by atoms with van der Waals surface area (Å²) in [5, 5.41) is 4.76. The fourth-order valence-electron chi connectivity index (χ4n) is 3.64. The zero-order valence-corrected chi connectivity index (χ0v) is 15.9. The molecule has 4 rings (SSSR count). The van der Waals surface area contributed by atoms with Gasteiger partial charge in [0, 0.05) is 24.1 Å². The molecule has 4 nitrogen and oxygen atoms in total. The summed E-state index contributed by atoms with van der Waals surface area (Å²) in [7, 11) is 0. The van der Waals surface area contributed by atoms with E-state index < -0.39 is 0 Å². The lowest BCUT2D eigenvalue weighted by atomic mass is 10.0. The third kappa shape index (κ3) is 3.63. The van der Waals surface area contributed by atoms with Gasteiger partial charge in [-0.1, -0.05) is 30.3 Å². The number of aromatic nitrogens is 3. The number of hydrogen-bond acceptors (Lipinski definition) is 2. The van der Waals surface area contributed by atoms with Gasteiger partial charge >= 0.3 is 0 Å². The van der Waals surface area contributed by atoms with Gasteiger partial charge in [0.2, 0.25) is 4.77 Å². The number of quaternary nitrogens is 1. The van der Waals surface area contributed by atoms with Crippen LogP contribution in [-0.4, -0.2) is 20.9 Å². The molecule has 1 unspecified atom stereocenters. The van der Waals surface area contributed by atoms with Crippen molar-refractivity contribution in [3.05, 3.63) is 82.9 Å². The van der Waals surface area contributed by atoms with Gasteiger partial charge in [-0.15, -0.1) is 11.7 Å². The number of rotatable bonds is 5. The van der Waals surface area contributed by atoms with Gasteiger partial charge in [0.25, 0.3) is 0 Å². The summed E-state index contributed by atoms with van der Waals surface area (Å²) in [6, 6.07) is 15.0. The second-order valence-electron chi connectivity index (χ2n) is 6.87. The summed E-state index contributed by atoms with van der Waals surface area (Å²) in [6.45, 7) is 7.14. The Morgan fingerprint density at radius 2 is 1.89 bits per heavy atom. The van der Waals surface area contributed by atoms with E-state index in [-0.39, 0.29) is 5.82 Å². The van der Waals surface area contributed by atoms with E-state index in [2.05, 4.69) is 30.8 Å². The van der Waals surface area contributed by atoms with Crippen molar-refractivity contribution < 1.29 is 9.29 Å². The van der Waals surface area contributed by atoms with Crippen molar-refractivity contribution in [2.75, 3.05) is 6.54 Å². The molecule has 1 N–H and O–H groups in total. The topological polar surface area (TPSA) is 27.2 Å². The van der Waals surface area contributed by atoms with E-state index >= 15 is 0 Å². The number of hydrogen-bond donors (Lipinski definition) is 1. The van der Waals surface area contributed by atoms with E-state index in [9.17, 15) is 4.39 Å². The molecule has 138 valence electrons. The monoisotopic (exact) mass is 381 g/mol. The summed E-state index contributed by atoms with van der Waals surface area (Å²) in [6.07, 6.45) is 2.87. The van der Waals surface area contributed by atoms with Crippen LogP contribution in [0.25, 0.3) is 11.4 Å². The van der Waals surface area contributed by atoms with Crippen molar-refractivity contribution in [2.45, 2.75) is 26.2 Å². The number of nitrogens with one attached hydrogen (secondary N) is 1. The predicted molar refractivity (Wildman–Crippen MR) is 106 cm³/mol. The first-order chi connectivity index (χ1) is 13.2. The highest BCUT2D eigenvalue weighted by Gasteiger charge is 2.21. The SMILES string of the molecule is C=CCn1c(-c2ccc(F)cc2)nn(C[NH+]2CCc3ccccc3C2)c1=S. The molecule has 3 aromatic rings. The lowest BCUT2D eigenvalue weighted by Gasteiger charge is -2.25. The molecule has 2 heterocycles. The van der Waals surface area contributed by atoms with Crippen LogP contribution in [0.1, 0.15) is 11.1 Å². The second kappa shape index (κ2) is 7.58. The third-order valence-corrected chi connectivity index (χ3v) is 5.45. The van der Waals surface area contributed by atoms with E-state index in [1.807, 2.05) is 9.25 Å². The molecule has 0 radical (unpaired) electrons. The van der Waals surface area contributed by atoms with E-state index in [0.717, 1.165) is 30.9 Å². The average molecular weight is 382 g/mol. The molecule has 0 bridgehead atoms. The molecular weight excluding hydrogens is 359 g/mol. The van der Waals surface area contributed by atoms with Gasteiger partial charge in [-0.3, -0.25) is 4.57 Å². The summed E-state index contributed by atoms with van der Waals surface area (Å²) in [5.41, 5.74) is 3.69. The number of benzene rings is 2. The van der Waals surface area contributed by atoms with Crippen molar-refractivity contribution in [2.24, 2.45) is 0 Å². The van der Waals surface area contributed by atoms with Crippen molar-refractivity contribution in [1.82, 2.24) is 14.3 Å². The zero-order valence-electron chi connectivity index (χ0n) is 15.1. The van der Waals surface area contributed by atoms with Crippen LogP contribution in [0.2, 0.25) is 0 Å². The van der Waals surface area contributed by atoms with Crippen LogP contribution >= 0.6 is 12.2 Å². The average Bonchev–Trinajstić information content (AvgIpc) is 2.99. The fourth-order valence-corrected chi connectivity index (χ4v) is 3.91. The lowest BCUT2D eigenvalue weighted by Crippen LogP contribution is -3.11. The van der Waals surface area contributed by atoms with Gasteiger partial charge < -0.3 is 4.90 Å². The molecule has 0 saturated carbocycles. The summed E-state index contributed by atoms with van der Waals surface area (Å²) in [4.78, 5) is 1.43. The number of nitrogens with zero attached hydrogens (tertiary/aromatic N) is 3. The Bertz CT molecular complexity index is 1020. The van der Waals surface area contributed by atoms with Crippen LogP contribution in [0, 0.1) is 10.6 Å². The van der Waals surface area contributed by atoms with Gasteiger partial charge in [0.15, 0.2) is 12.5 Å². The summed E-state index contributed by atoms with van der Waals surface area (Å²) >= 11 is 5.68. The highest BCUT2D eigenvalue weighted by Crippen LogP contribution is 2.19. The highest BCUT2D eigenvalue weighted by molar-refractivity contribution is 7.71. The van der Waals surface area contributed by atoms with Crippen LogP contribution in [0.3, 0.4) is 0 Å². The maximum atomic E-state index is 13.3. The van der Waals surface area contributed by atoms with Crippen LogP contribution in [-0.2, 0) is 26.2 Å². The standard InChI is InChI=1S/C21H21FN4S/c1-2-12-25-20(17-7-9-19(22)10-8-17)23-26(21(25)27)15-24-13-11-16-5-3-4-6-18(16)14-24/h2-10H,1,11-15H2/p+1. The van der Waals surface area contributed by atoms with E-state index in [1.54, 1.807) is 18.2 Å². The van der Waals surface area contributed by atoms with Crippen molar-refractivity contribution in [1.29, 1.82) is 0 Å². The zero-order chi connectivity index (χ0) is 18.8. The maximum Gasteiger partial charge on any atom is 0.203 e. The molecule has 0 fully saturated rings. The third-order valence-electron chi connectivity index (χ3n) is 5.02. The molecule has 1 aliphatic rings. The van der Waals surface area contributed by atoms with Gasteiger partial charge in [-0.2, -0.15) is 4.68 Å². The highest BCUT2D eigenvalue weighted by atomic mass is 32.1. The predicted octanol–water partition coefficient (Wildman–Crippen LogP) is 3.00. The van der Waals surface area contributed by atoms with Gasteiger partial charge in [-0.25, -0.2) is 4.39 Å². The Hall–Kier alpha value is -2.57. The molecule has 0 spiro atoms. The molecule has 0 aliphatic carbocycles. The summed E-state index contributed by atoms with van der Waals surface area (Å²) in [5.74, 6) is 0.486. The van der Waals surface area contributed by atoms with Crippen LogP contribution in [0.4, 0.5) is 4.39 Å². The molecule has 2 aromatic carbocycles. The van der Waals surface area contributed by atoms with E-state index in [1.165, 1.54) is 28.2 Å². The van der Waals surface area contributed by atoms with Crippen molar-refractivity contribution in [3.8, 4) is 11.4 Å². The quantitative estimate of drug-likeness (QED) is 0.543. The lowest BCUT2D eigenvalue weighted by molar-refractivity contribution is -0.939. The van der Waals surface area contributed by atoms with E-state index in [0.29, 0.717) is 18.0 Å². The largest absolute Gasteiger partial charge is 0.312 e. The smallest absolute Gasteiger partial charge is 0.203 e. The molecule has 6 heteroatoms. The molecular formula is C21H22FN4S+. The van der Waals surface area contributed by atoms with Crippen molar-refractivity contribution in [3.63, 3.8) is 0 Å². The van der Waals surface area contributed by atoms with Crippen LogP contribution in [0.15, 0.2) is 61.2 Å². The second-order valence-corrected chi connectivity index (χ2v) is 7.23. The van der Waals surface area contributed by atoms with Crippen LogP contribution in [0.5, 0.6) is 0 Å². The minimum atomic E-state index is -0.261. The number of allylic oxidation sites excluding steroid dienone is 1. The fraction of sp³-hybridized carbons (Fsp3) is 0.238. The Morgan fingerprint density at radius 3 is 2.63 bits per heavy atom. The maximum absolute atomic E-state index is 13.3. The first-order valence-electron chi connectivity index (χ1n) is 9.10. The molecule has 1 atom stereocenters. The molecule has 0 amide bonds. The Labute approximate surface area is 163 Å². The first kappa shape index (κ1) is 17.8. The number of fused-ring (bicyclic) bond motifs is 1. The van der Waals surface area contributed by atoms with Gasteiger partial charge in [0.1, 0.15) is 12.4 Å². The molecule has 1 aromatic heterocycles. The Kier molecular flexibility index (Phi) is 5.01. The molecule has 27 heavy (non-hydrogen) atoms. The normalized spacial score (nSPS) is 16.1.